The highest BCUT2D eigenvalue weighted by Crippen LogP contribution is 2.26. The van der Waals surface area contributed by atoms with Gasteiger partial charge in [0, 0.05) is 41.3 Å². The van der Waals surface area contributed by atoms with E-state index < -0.39 is 18.5 Å². The number of rotatable bonds is 7. The minimum absolute atomic E-state index is 0.0360. The molecule has 9 heteroatoms. The summed E-state index contributed by atoms with van der Waals surface area (Å²) >= 11 is 7.40. The van der Waals surface area contributed by atoms with Crippen LogP contribution >= 0.6 is 22.9 Å². The van der Waals surface area contributed by atoms with E-state index in [1.165, 1.54) is 16.2 Å². The fourth-order valence-electron chi connectivity index (χ4n) is 2.64. The molecule has 2 amide bonds. The zero-order chi connectivity index (χ0) is 22.4. The third kappa shape index (κ3) is 6.37. The molecule has 0 spiro atoms. The molecule has 1 N–H and O–H groups in total. The average Bonchev–Trinajstić information content (AvgIpc) is 3.21. The molecule has 0 saturated carbocycles. The number of halogens is 1. The third-order valence-corrected chi connectivity index (χ3v) is 5.31. The normalized spacial score (nSPS) is 10.4. The van der Waals surface area contributed by atoms with E-state index in [9.17, 15) is 14.4 Å². The van der Waals surface area contributed by atoms with Crippen molar-refractivity contribution < 1.29 is 19.1 Å². The number of carbonyl (C=O) groups excluding carboxylic acids is 3. The van der Waals surface area contributed by atoms with Crippen LogP contribution < -0.4 is 5.32 Å². The number of hydrogen-bond donors (Lipinski definition) is 1. The molecule has 0 saturated heterocycles. The number of nitrogens with one attached hydrogen (secondary N) is 1. The van der Waals surface area contributed by atoms with Crippen LogP contribution in [0.25, 0.3) is 10.6 Å². The third-order valence-electron chi connectivity index (χ3n) is 4.13. The molecule has 0 aliphatic carbocycles. The van der Waals surface area contributed by atoms with Gasteiger partial charge in [-0.2, -0.15) is 0 Å². The average molecular weight is 458 g/mol. The number of anilines is 1. The van der Waals surface area contributed by atoms with Crippen molar-refractivity contribution in [1.82, 2.24) is 9.88 Å². The number of carbonyl (C=O) groups is 3. The molecule has 0 aliphatic heterocycles. The minimum Gasteiger partial charge on any atom is -0.455 e. The Morgan fingerprint density at radius 1 is 1.13 bits per heavy atom. The molecule has 0 aliphatic rings. The Hall–Kier alpha value is -3.23. The fraction of sp³-hybridized carbons (Fsp3) is 0.182. The first-order valence-electron chi connectivity index (χ1n) is 9.29. The van der Waals surface area contributed by atoms with E-state index in [-0.39, 0.29) is 12.3 Å². The summed E-state index contributed by atoms with van der Waals surface area (Å²) in [7, 11) is 3.33. The summed E-state index contributed by atoms with van der Waals surface area (Å²) in [6, 6.07) is 13.8. The number of benzene rings is 2. The van der Waals surface area contributed by atoms with Crippen LogP contribution in [0.4, 0.5) is 5.69 Å². The molecule has 0 bridgehead atoms. The molecule has 0 atom stereocenters. The second-order valence-electron chi connectivity index (χ2n) is 6.82. The van der Waals surface area contributed by atoms with E-state index in [1.807, 2.05) is 12.1 Å². The van der Waals surface area contributed by atoms with Crippen LogP contribution in [0, 0.1) is 0 Å². The summed E-state index contributed by atoms with van der Waals surface area (Å²) in [6.07, 6.45) is -0.0360. The summed E-state index contributed by atoms with van der Waals surface area (Å²) in [5, 5.41) is 5.75. The molecule has 160 valence electrons. The molecule has 1 heterocycles. The monoisotopic (exact) mass is 457 g/mol. The first kappa shape index (κ1) is 22.5. The maximum absolute atomic E-state index is 12.1. The smallest absolute Gasteiger partial charge is 0.312 e. The standard InChI is InChI=1S/C22H20ClN3O4S/c1-26(2)22(29)14-6-8-17(9-7-14)24-19(27)12-30-20(28)11-18-13-31-21(25-18)15-4-3-5-16(23)10-15/h3-10,13H,11-12H2,1-2H3,(H,24,27). The van der Waals surface area contributed by atoms with Gasteiger partial charge in [-0.25, -0.2) is 4.98 Å². The zero-order valence-corrected chi connectivity index (χ0v) is 18.5. The van der Waals surface area contributed by atoms with Crippen LogP contribution in [0.1, 0.15) is 16.1 Å². The van der Waals surface area contributed by atoms with E-state index in [1.54, 1.807) is 55.9 Å². The van der Waals surface area contributed by atoms with Crippen molar-refractivity contribution in [3.63, 3.8) is 0 Å². The Morgan fingerprint density at radius 2 is 1.87 bits per heavy atom. The van der Waals surface area contributed by atoms with E-state index in [0.717, 1.165) is 10.6 Å². The molecule has 3 aromatic rings. The second-order valence-corrected chi connectivity index (χ2v) is 8.11. The lowest BCUT2D eigenvalue weighted by molar-refractivity contribution is -0.146. The van der Waals surface area contributed by atoms with Gasteiger partial charge in [-0.15, -0.1) is 11.3 Å². The van der Waals surface area contributed by atoms with Crippen molar-refractivity contribution in [1.29, 1.82) is 0 Å². The molecule has 2 aromatic carbocycles. The van der Waals surface area contributed by atoms with Gasteiger partial charge in [-0.05, 0) is 36.4 Å². The van der Waals surface area contributed by atoms with Gasteiger partial charge < -0.3 is 15.0 Å². The van der Waals surface area contributed by atoms with Crippen LogP contribution in [0.5, 0.6) is 0 Å². The van der Waals surface area contributed by atoms with Crippen LogP contribution in [0.3, 0.4) is 0 Å². The molecule has 0 radical (unpaired) electrons. The van der Waals surface area contributed by atoms with Crippen LogP contribution in [0.15, 0.2) is 53.9 Å². The topological polar surface area (TPSA) is 88.6 Å². The predicted molar refractivity (Wildman–Crippen MR) is 120 cm³/mol. The van der Waals surface area contributed by atoms with Crippen molar-refractivity contribution in [2.45, 2.75) is 6.42 Å². The largest absolute Gasteiger partial charge is 0.455 e. The van der Waals surface area contributed by atoms with Crippen LogP contribution in [-0.2, 0) is 20.7 Å². The summed E-state index contributed by atoms with van der Waals surface area (Å²) in [5.74, 6) is -1.16. The Kier molecular flexibility index (Phi) is 7.38. The Balaban J connectivity index is 1.47. The maximum Gasteiger partial charge on any atom is 0.312 e. The molecule has 0 fully saturated rings. The SMILES string of the molecule is CN(C)C(=O)c1ccc(NC(=O)COC(=O)Cc2csc(-c3cccc(Cl)c3)n2)cc1. The lowest BCUT2D eigenvalue weighted by Gasteiger charge is -2.11. The Morgan fingerprint density at radius 3 is 2.55 bits per heavy atom. The van der Waals surface area contributed by atoms with Gasteiger partial charge in [0.25, 0.3) is 11.8 Å². The Bertz CT molecular complexity index is 1100. The van der Waals surface area contributed by atoms with Crippen molar-refractivity contribution in [3.05, 3.63) is 70.2 Å². The number of thiazole rings is 1. The van der Waals surface area contributed by atoms with Gasteiger partial charge in [0.05, 0.1) is 12.1 Å². The first-order chi connectivity index (χ1) is 14.8. The number of amides is 2. The maximum atomic E-state index is 12.1. The van der Waals surface area contributed by atoms with Gasteiger partial charge in [-0.3, -0.25) is 14.4 Å². The van der Waals surface area contributed by atoms with E-state index >= 15 is 0 Å². The van der Waals surface area contributed by atoms with Crippen molar-refractivity contribution in [3.8, 4) is 10.6 Å². The summed E-state index contributed by atoms with van der Waals surface area (Å²) in [5.41, 5.74) is 2.44. The van der Waals surface area contributed by atoms with Crippen molar-refractivity contribution in [2.24, 2.45) is 0 Å². The van der Waals surface area contributed by atoms with E-state index in [0.29, 0.717) is 22.0 Å². The molecule has 7 nitrogen and oxygen atoms in total. The number of nitrogens with zero attached hydrogens (tertiary/aromatic N) is 2. The van der Waals surface area contributed by atoms with Crippen molar-refractivity contribution >= 4 is 46.4 Å². The second kappa shape index (κ2) is 10.2. The van der Waals surface area contributed by atoms with Gasteiger partial charge in [-0.1, -0.05) is 23.7 Å². The highest BCUT2D eigenvalue weighted by atomic mass is 35.5. The molecule has 1 aromatic heterocycles. The van der Waals surface area contributed by atoms with Gasteiger partial charge in [0.2, 0.25) is 0 Å². The van der Waals surface area contributed by atoms with E-state index in [4.69, 9.17) is 16.3 Å². The quantitative estimate of drug-likeness (QED) is 0.544. The Labute approximate surface area is 188 Å². The molecular formula is C22H20ClN3O4S. The van der Waals surface area contributed by atoms with E-state index in [2.05, 4.69) is 10.3 Å². The van der Waals surface area contributed by atoms with Crippen LogP contribution in [-0.4, -0.2) is 48.4 Å². The fourth-order valence-corrected chi connectivity index (χ4v) is 3.65. The van der Waals surface area contributed by atoms with Crippen LogP contribution in [0.2, 0.25) is 5.02 Å². The summed E-state index contributed by atoms with van der Waals surface area (Å²) < 4.78 is 5.04. The minimum atomic E-state index is -0.551. The molecule has 3 rings (SSSR count). The molecule has 31 heavy (non-hydrogen) atoms. The molecular weight excluding hydrogens is 438 g/mol. The number of aromatic nitrogens is 1. The summed E-state index contributed by atoms with van der Waals surface area (Å²) in [4.78, 5) is 41.8. The van der Waals surface area contributed by atoms with Gasteiger partial charge >= 0.3 is 5.97 Å². The van der Waals surface area contributed by atoms with Crippen molar-refractivity contribution in [2.75, 3.05) is 26.0 Å². The number of esters is 1. The lowest BCUT2D eigenvalue weighted by atomic mass is 10.2. The predicted octanol–water partition coefficient (Wildman–Crippen LogP) is 3.89. The van der Waals surface area contributed by atoms with Gasteiger partial charge in [0.1, 0.15) is 5.01 Å². The number of ether oxygens (including phenoxy) is 1. The zero-order valence-electron chi connectivity index (χ0n) is 16.9. The lowest BCUT2D eigenvalue weighted by Crippen LogP contribution is -2.22. The molecule has 0 unspecified atom stereocenters. The highest BCUT2D eigenvalue weighted by molar-refractivity contribution is 7.13. The summed E-state index contributed by atoms with van der Waals surface area (Å²) in [6.45, 7) is -0.414. The van der Waals surface area contributed by atoms with Gasteiger partial charge in [0.15, 0.2) is 6.61 Å². The first-order valence-corrected chi connectivity index (χ1v) is 10.5. The highest BCUT2D eigenvalue weighted by Gasteiger charge is 2.13. The number of hydrogen-bond acceptors (Lipinski definition) is 6.